The van der Waals surface area contributed by atoms with E-state index in [0.29, 0.717) is 0 Å². The largest absolute Gasteiger partial charge is 0.388 e. The van der Waals surface area contributed by atoms with Gasteiger partial charge in [-0.1, -0.05) is 20.8 Å². The van der Waals surface area contributed by atoms with Crippen LogP contribution in [0.5, 0.6) is 0 Å². The monoisotopic (exact) mass is 294 g/mol. The molecule has 1 fully saturated rings. The number of aliphatic hydroxyl groups excluding tert-OH is 1. The molecule has 120 valence electrons. The van der Waals surface area contributed by atoms with E-state index in [2.05, 4.69) is 32.4 Å². The van der Waals surface area contributed by atoms with E-state index < -0.39 is 6.10 Å². The molecule has 0 aliphatic carbocycles. The molecule has 2 rings (SSSR count). The molecule has 21 heavy (non-hydrogen) atoms. The summed E-state index contributed by atoms with van der Waals surface area (Å²) in [7, 11) is 0. The van der Waals surface area contributed by atoms with Crippen LogP contribution < -0.4 is 0 Å². The van der Waals surface area contributed by atoms with Gasteiger partial charge in [-0.2, -0.15) is 5.10 Å². The van der Waals surface area contributed by atoms with Crippen molar-refractivity contribution in [1.29, 1.82) is 0 Å². The Hall–Kier alpha value is -0.870. The van der Waals surface area contributed by atoms with E-state index >= 15 is 0 Å². The maximum atomic E-state index is 10.3. The van der Waals surface area contributed by atoms with Crippen LogP contribution in [-0.2, 0) is 24.1 Å². The minimum Gasteiger partial charge on any atom is -0.388 e. The first kappa shape index (κ1) is 16.5. The van der Waals surface area contributed by atoms with Gasteiger partial charge < -0.3 is 9.84 Å². The summed E-state index contributed by atoms with van der Waals surface area (Å²) >= 11 is 0. The summed E-state index contributed by atoms with van der Waals surface area (Å²) < 4.78 is 8.18. The molecule has 0 spiro atoms. The van der Waals surface area contributed by atoms with Crippen molar-refractivity contribution in [2.45, 2.75) is 91.1 Å². The average molecular weight is 294 g/mol. The van der Waals surface area contributed by atoms with E-state index in [9.17, 15) is 5.11 Å². The highest BCUT2D eigenvalue weighted by atomic mass is 16.5. The van der Waals surface area contributed by atoms with Crippen molar-refractivity contribution in [3.05, 3.63) is 17.0 Å². The van der Waals surface area contributed by atoms with Gasteiger partial charge in [0.1, 0.15) is 0 Å². The van der Waals surface area contributed by atoms with Crippen LogP contribution in [0.4, 0.5) is 0 Å². The van der Waals surface area contributed by atoms with Crippen molar-refractivity contribution in [3.8, 4) is 0 Å². The Morgan fingerprint density at radius 3 is 2.52 bits per heavy atom. The Morgan fingerprint density at radius 2 is 2.05 bits per heavy atom. The lowest BCUT2D eigenvalue weighted by molar-refractivity contribution is -0.0233. The van der Waals surface area contributed by atoms with Crippen LogP contribution in [0.3, 0.4) is 0 Å². The van der Waals surface area contributed by atoms with E-state index in [4.69, 9.17) is 9.84 Å². The smallest absolute Gasteiger partial charge is 0.0823 e. The molecule has 2 heterocycles. The molecule has 1 aromatic heterocycles. The fourth-order valence-electron chi connectivity index (χ4n) is 3.34. The lowest BCUT2D eigenvalue weighted by Gasteiger charge is -2.20. The molecule has 0 aromatic carbocycles. The molecule has 1 aromatic rings. The summed E-state index contributed by atoms with van der Waals surface area (Å²) in [5.74, 6) is 0. The highest BCUT2D eigenvalue weighted by molar-refractivity contribution is 5.29. The van der Waals surface area contributed by atoms with Crippen molar-refractivity contribution in [2.24, 2.45) is 0 Å². The third-order valence-electron chi connectivity index (χ3n) is 4.50. The standard InChI is InChI=1S/C17H30N2O2/c1-6-13-16(15(20)8-3)14(7-2)19(18-13)11-12-9-10-17(4,5)21-12/h12,15,20H,6-11H2,1-5H3. The summed E-state index contributed by atoms with van der Waals surface area (Å²) in [6, 6.07) is 0. The summed E-state index contributed by atoms with van der Waals surface area (Å²) in [6.45, 7) is 11.4. The van der Waals surface area contributed by atoms with Gasteiger partial charge in [0.25, 0.3) is 0 Å². The molecule has 0 bridgehead atoms. The number of nitrogens with zero attached hydrogens (tertiary/aromatic N) is 2. The molecule has 1 N–H and O–H groups in total. The molecule has 0 saturated carbocycles. The van der Waals surface area contributed by atoms with Crippen LogP contribution in [0.2, 0.25) is 0 Å². The zero-order valence-corrected chi connectivity index (χ0v) is 14.1. The highest BCUT2D eigenvalue weighted by Crippen LogP contribution is 2.32. The molecule has 4 heteroatoms. The number of hydrogen-bond acceptors (Lipinski definition) is 3. The Morgan fingerprint density at radius 1 is 1.33 bits per heavy atom. The Balaban J connectivity index is 2.25. The second-order valence-electron chi connectivity index (χ2n) is 6.66. The number of aromatic nitrogens is 2. The number of hydrogen-bond donors (Lipinski definition) is 1. The van der Waals surface area contributed by atoms with Gasteiger partial charge in [0.05, 0.1) is 30.0 Å². The first-order chi connectivity index (χ1) is 9.91. The third kappa shape index (κ3) is 3.49. The maximum absolute atomic E-state index is 10.3. The summed E-state index contributed by atoms with van der Waals surface area (Å²) in [4.78, 5) is 0. The van der Waals surface area contributed by atoms with E-state index in [0.717, 1.165) is 49.9 Å². The Bertz CT molecular complexity index is 479. The minimum atomic E-state index is -0.399. The van der Waals surface area contributed by atoms with Crippen molar-refractivity contribution in [1.82, 2.24) is 9.78 Å². The molecule has 4 nitrogen and oxygen atoms in total. The van der Waals surface area contributed by atoms with Crippen LogP contribution in [0.25, 0.3) is 0 Å². The minimum absolute atomic E-state index is 0.0104. The second-order valence-corrected chi connectivity index (χ2v) is 6.66. The summed E-state index contributed by atoms with van der Waals surface area (Å²) in [5.41, 5.74) is 3.26. The van der Waals surface area contributed by atoms with Crippen LogP contribution >= 0.6 is 0 Å². The second kappa shape index (κ2) is 6.49. The lowest BCUT2D eigenvalue weighted by atomic mass is 10.0. The van der Waals surface area contributed by atoms with Crippen molar-refractivity contribution < 1.29 is 9.84 Å². The van der Waals surface area contributed by atoms with Gasteiger partial charge >= 0.3 is 0 Å². The predicted octanol–water partition coefficient (Wildman–Crippen LogP) is 3.41. The summed E-state index contributed by atoms with van der Waals surface area (Å²) in [6.07, 6.45) is 4.53. The average Bonchev–Trinajstić information content (AvgIpc) is 2.97. The normalized spacial score (nSPS) is 22.7. The molecule has 1 saturated heterocycles. The van der Waals surface area contributed by atoms with Gasteiger partial charge in [0.2, 0.25) is 0 Å². The Labute approximate surface area is 128 Å². The maximum Gasteiger partial charge on any atom is 0.0823 e. The molecule has 2 atom stereocenters. The van der Waals surface area contributed by atoms with Crippen molar-refractivity contribution in [2.75, 3.05) is 0 Å². The van der Waals surface area contributed by atoms with Crippen LogP contribution in [0, 0.1) is 0 Å². The van der Waals surface area contributed by atoms with Gasteiger partial charge in [-0.05, 0) is 46.0 Å². The SMILES string of the molecule is CCc1nn(CC2CCC(C)(C)O2)c(CC)c1C(O)CC. The fraction of sp³-hybridized carbons (Fsp3) is 0.824. The Kier molecular flexibility index (Phi) is 5.10. The van der Waals surface area contributed by atoms with Gasteiger partial charge in [-0.3, -0.25) is 4.68 Å². The van der Waals surface area contributed by atoms with Crippen molar-refractivity contribution >= 4 is 0 Å². The summed E-state index contributed by atoms with van der Waals surface area (Å²) in [5, 5.41) is 15.1. The van der Waals surface area contributed by atoms with Gasteiger partial charge in [-0.25, -0.2) is 0 Å². The first-order valence-corrected chi connectivity index (χ1v) is 8.36. The predicted molar refractivity (Wildman–Crippen MR) is 84.4 cm³/mol. The van der Waals surface area contributed by atoms with E-state index in [1.807, 2.05) is 6.92 Å². The zero-order chi connectivity index (χ0) is 15.6. The van der Waals surface area contributed by atoms with Crippen LogP contribution in [-0.4, -0.2) is 26.6 Å². The number of aryl methyl sites for hydroxylation is 1. The highest BCUT2D eigenvalue weighted by Gasteiger charge is 2.33. The molecule has 0 amide bonds. The van der Waals surface area contributed by atoms with Crippen LogP contribution in [0.15, 0.2) is 0 Å². The molecular formula is C17H30N2O2. The number of ether oxygens (including phenoxy) is 1. The molecule has 0 radical (unpaired) electrons. The van der Waals surface area contributed by atoms with Gasteiger partial charge in [0.15, 0.2) is 0 Å². The number of aliphatic hydroxyl groups is 1. The molecule has 1 aliphatic heterocycles. The third-order valence-corrected chi connectivity index (χ3v) is 4.50. The molecular weight excluding hydrogens is 264 g/mol. The van der Waals surface area contributed by atoms with E-state index in [1.165, 1.54) is 5.69 Å². The molecule has 2 unspecified atom stereocenters. The van der Waals surface area contributed by atoms with Crippen molar-refractivity contribution in [3.63, 3.8) is 0 Å². The fourth-order valence-corrected chi connectivity index (χ4v) is 3.34. The van der Waals surface area contributed by atoms with E-state index in [1.54, 1.807) is 0 Å². The van der Waals surface area contributed by atoms with Gasteiger partial charge in [-0.15, -0.1) is 0 Å². The van der Waals surface area contributed by atoms with Crippen LogP contribution in [0.1, 0.15) is 76.9 Å². The molecule has 1 aliphatic rings. The number of rotatable bonds is 6. The quantitative estimate of drug-likeness (QED) is 0.874. The topological polar surface area (TPSA) is 47.3 Å². The van der Waals surface area contributed by atoms with Gasteiger partial charge in [0, 0.05) is 11.3 Å². The lowest BCUT2D eigenvalue weighted by Crippen LogP contribution is -2.24. The van der Waals surface area contributed by atoms with E-state index in [-0.39, 0.29) is 11.7 Å². The zero-order valence-electron chi connectivity index (χ0n) is 14.1. The first-order valence-electron chi connectivity index (χ1n) is 8.36.